The molecule has 0 saturated heterocycles. The molecule has 0 N–H and O–H groups in total. The number of hydrogen-bond acceptors (Lipinski definition) is 4. The molecule has 2 fully saturated rings. The fourth-order valence-electron chi connectivity index (χ4n) is 14.5. The summed E-state index contributed by atoms with van der Waals surface area (Å²) < 4.78 is 47.7. The van der Waals surface area contributed by atoms with Crippen LogP contribution in [-0.4, -0.2) is 34.4 Å². The van der Waals surface area contributed by atoms with Crippen molar-refractivity contribution in [3.8, 4) is 11.6 Å². The van der Waals surface area contributed by atoms with E-state index in [0.717, 1.165) is 102 Å². The van der Waals surface area contributed by atoms with Crippen LogP contribution in [0.5, 0.6) is 11.6 Å². The SMILES string of the molecule is CC(C)C(C)C1CCCCC1.CC(C)C(CS(C)=O)c1ccccc1.CC(C)C1CCc2ccccc2C1.CC(C)C1COc2ccccc2C1.CC(C)CC1CCCC1c1ccccc1.CC(C)Cc1ccc(F)c(Cl)c1.CC(C)Cc1cccc(F)c1.CCOc1ncccc1CC(C)C. The summed E-state index contributed by atoms with van der Waals surface area (Å²) in [4.78, 5) is 4.20. The predicted molar refractivity (Wildman–Crippen MR) is 439 cm³/mol. The number of para-hydroxylation sites is 1. The van der Waals surface area contributed by atoms with Crippen LogP contribution in [0.1, 0.15) is 245 Å². The molecule has 0 bridgehead atoms. The van der Waals surface area contributed by atoms with Crippen molar-refractivity contribution in [2.75, 3.05) is 25.2 Å². The Bertz CT molecular complexity index is 3280. The smallest absolute Gasteiger partial charge is 0.216 e. The minimum atomic E-state index is -0.717. The summed E-state index contributed by atoms with van der Waals surface area (Å²) in [5, 5.41) is 0.216. The van der Waals surface area contributed by atoms with Crippen LogP contribution in [0.2, 0.25) is 5.02 Å². The summed E-state index contributed by atoms with van der Waals surface area (Å²) >= 11 is 5.62. The third-order valence-corrected chi connectivity index (χ3v) is 21.8. The molecule has 3 aliphatic carbocycles. The second kappa shape index (κ2) is 49.2. The van der Waals surface area contributed by atoms with Crippen LogP contribution >= 0.6 is 11.6 Å². The van der Waals surface area contributed by atoms with E-state index in [9.17, 15) is 13.0 Å². The Hall–Kier alpha value is -5.63. The molecule has 7 unspecified atom stereocenters. The van der Waals surface area contributed by atoms with Gasteiger partial charge in [-0.05, 0) is 235 Å². The first kappa shape index (κ1) is 88.8. The number of fused-ring (bicyclic) bond motifs is 2. The summed E-state index contributed by atoms with van der Waals surface area (Å²) in [5.41, 5.74) is 10.8. The van der Waals surface area contributed by atoms with Crippen LogP contribution in [0.4, 0.5) is 8.78 Å². The van der Waals surface area contributed by atoms with Gasteiger partial charge in [0.2, 0.25) is 5.88 Å². The molecule has 1 aliphatic heterocycles. The Morgan fingerprint density at radius 2 is 1.12 bits per heavy atom. The predicted octanol–water partition coefficient (Wildman–Crippen LogP) is 27.0. The van der Waals surface area contributed by atoms with Gasteiger partial charge in [-0.25, -0.2) is 13.8 Å². The monoisotopic (exact) mass is 1430 g/mol. The number of rotatable bonds is 19. The molecule has 2 heterocycles. The lowest BCUT2D eigenvalue weighted by atomic mass is 9.76. The maximum absolute atomic E-state index is 12.7. The van der Waals surface area contributed by atoms with Gasteiger partial charge in [0.15, 0.2) is 0 Å². The highest BCUT2D eigenvalue weighted by Gasteiger charge is 2.29. The van der Waals surface area contributed by atoms with Gasteiger partial charge in [0.25, 0.3) is 0 Å². The van der Waals surface area contributed by atoms with Crippen molar-refractivity contribution >= 4 is 22.4 Å². The molecule has 7 aromatic rings. The van der Waals surface area contributed by atoms with Crippen LogP contribution in [-0.2, 0) is 49.3 Å². The Morgan fingerprint density at radius 1 is 0.539 bits per heavy atom. The van der Waals surface area contributed by atoms with Gasteiger partial charge in [-0.3, -0.25) is 4.21 Å². The number of ether oxygens (including phenoxy) is 2. The van der Waals surface area contributed by atoms with Crippen molar-refractivity contribution in [2.45, 2.75) is 239 Å². The van der Waals surface area contributed by atoms with Gasteiger partial charge in [-0.15, -0.1) is 0 Å². The fourth-order valence-corrected chi connectivity index (χ4v) is 15.8. The largest absolute Gasteiger partial charge is 0.493 e. The Balaban J connectivity index is 0.000000248. The van der Waals surface area contributed by atoms with Gasteiger partial charge in [0.1, 0.15) is 17.4 Å². The first-order chi connectivity index (χ1) is 48.6. The van der Waals surface area contributed by atoms with E-state index in [1.165, 1.54) is 112 Å². The second-order valence-corrected chi connectivity index (χ2v) is 34.4. The molecule has 4 aliphatic rings. The van der Waals surface area contributed by atoms with E-state index in [2.05, 4.69) is 214 Å². The number of benzene rings is 6. The van der Waals surface area contributed by atoms with Crippen LogP contribution in [0, 0.1) is 88.6 Å². The highest BCUT2D eigenvalue weighted by atomic mass is 35.5. The molecule has 1 aromatic heterocycles. The van der Waals surface area contributed by atoms with Crippen molar-refractivity contribution in [3.63, 3.8) is 0 Å². The summed E-state index contributed by atoms with van der Waals surface area (Å²) in [6.07, 6.45) is 24.8. The molecule has 11 rings (SSSR count). The van der Waals surface area contributed by atoms with E-state index in [1.807, 2.05) is 43.3 Å². The molecule has 7 atom stereocenters. The molecule has 0 amide bonds. The average Bonchev–Trinajstić information content (AvgIpc) is 1.02. The summed E-state index contributed by atoms with van der Waals surface area (Å²) in [6.45, 7) is 41.9. The Labute approximate surface area is 630 Å². The number of hydrogen-bond donors (Lipinski definition) is 0. The summed E-state index contributed by atoms with van der Waals surface area (Å²) in [7, 11) is -0.717. The Morgan fingerprint density at radius 3 is 1.68 bits per heavy atom. The highest BCUT2D eigenvalue weighted by Crippen LogP contribution is 2.43. The van der Waals surface area contributed by atoms with Crippen LogP contribution in [0.15, 0.2) is 170 Å². The zero-order valence-electron chi connectivity index (χ0n) is 67.0. The summed E-state index contributed by atoms with van der Waals surface area (Å²) in [6, 6.07) is 54.4. The standard InChI is InChI=1S/C15H22.C13H18.C12H18OS.C12H16O.C11H17NO.C11H22.C10H12ClF.C10H13F/c1-12(2)11-14-9-6-10-15(14)13-7-4-3-5-8-13;1-10(2)12-8-7-11-5-3-4-6-13(11)9-12;1-10(2)12(9-14(3)13)11-7-5-4-6-8-11;1-9(2)11-7-10-5-3-4-6-12(10)13-8-11;1-4-13-11-10(8-9(2)3)6-5-7-12-11;1-9(2)10(3)11-7-5-4-6-8-11;1-7(2)5-8-3-4-10(12)9(11)6-8;1-8(2)6-9-4-3-5-10(11)7-9/h3-5,7-8,12,14-15H,6,9-11H2,1-2H3;3-6,10,12H,7-9H2,1-2H3;4-8,10,12H,9H2,1-3H3;3-6,9,11H,7-8H2,1-2H3;5-7,9H,4,8H2,1-3H3;9-11H,4-8H2,1-3H3;3-4,6-7H,5H2,1-2H3;3-5,7-8H,6H2,1-2H3. The van der Waals surface area contributed by atoms with Gasteiger partial charge >= 0.3 is 0 Å². The van der Waals surface area contributed by atoms with Gasteiger partial charge in [0, 0.05) is 34.6 Å². The lowest BCUT2D eigenvalue weighted by molar-refractivity contribution is 0.185. The molecule has 102 heavy (non-hydrogen) atoms. The number of aryl methyl sites for hydroxylation is 1. The van der Waals surface area contributed by atoms with Crippen LogP contribution in [0.25, 0.3) is 0 Å². The van der Waals surface area contributed by atoms with Gasteiger partial charge in [-0.2, -0.15) is 0 Å². The summed E-state index contributed by atoms with van der Waals surface area (Å²) in [5.74, 6) is 13.6. The van der Waals surface area contributed by atoms with Gasteiger partial charge < -0.3 is 9.47 Å². The van der Waals surface area contributed by atoms with Crippen molar-refractivity contribution in [1.29, 1.82) is 0 Å². The third kappa shape index (κ3) is 35.0. The van der Waals surface area contributed by atoms with E-state index < -0.39 is 10.8 Å². The van der Waals surface area contributed by atoms with E-state index in [-0.39, 0.29) is 16.7 Å². The van der Waals surface area contributed by atoms with E-state index in [4.69, 9.17) is 21.1 Å². The van der Waals surface area contributed by atoms with Crippen LogP contribution in [0.3, 0.4) is 0 Å². The molecule has 4 nitrogen and oxygen atoms in total. The van der Waals surface area contributed by atoms with Crippen LogP contribution < -0.4 is 9.47 Å². The van der Waals surface area contributed by atoms with Crippen molar-refractivity contribution in [2.24, 2.45) is 76.9 Å². The number of pyridine rings is 1. The maximum atomic E-state index is 12.7. The number of aromatic nitrogens is 1. The minimum absolute atomic E-state index is 0.136. The second-order valence-electron chi connectivity index (χ2n) is 32.6. The Kier molecular flexibility index (Phi) is 42.8. The van der Waals surface area contributed by atoms with E-state index in [0.29, 0.717) is 48.0 Å². The zero-order valence-corrected chi connectivity index (χ0v) is 68.5. The molecule has 8 heteroatoms. The molecule has 6 aromatic carbocycles. The first-order valence-electron chi connectivity index (χ1n) is 39.6. The maximum Gasteiger partial charge on any atom is 0.216 e. The van der Waals surface area contributed by atoms with Crippen molar-refractivity contribution in [3.05, 3.63) is 231 Å². The number of nitrogens with zero attached hydrogens (tertiary/aromatic N) is 1. The third-order valence-electron chi connectivity index (χ3n) is 20.7. The lowest BCUT2D eigenvalue weighted by Crippen LogP contribution is -2.24. The molecule has 0 spiro atoms. The van der Waals surface area contributed by atoms with Gasteiger partial charge in [-0.1, -0.05) is 295 Å². The van der Waals surface area contributed by atoms with E-state index in [1.54, 1.807) is 53.4 Å². The molecular weight excluding hydrogens is 1300 g/mol. The molecule has 564 valence electrons. The zero-order chi connectivity index (χ0) is 75.1. The molecular formula is C94H138ClF2NO3S. The normalized spacial score (nSPS) is 17.7. The average molecular weight is 1440 g/mol. The lowest BCUT2D eigenvalue weighted by Gasteiger charge is -2.30. The molecule has 0 radical (unpaired) electrons. The molecule has 2 saturated carbocycles. The first-order valence-corrected chi connectivity index (χ1v) is 41.7. The van der Waals surface area contributed by atoms with Crippen molar-refractivity contribution < 1.29 is 22.5 Å². The van der Waals surface area contributed by atoms with Gasteiger partial charge in [0.05, 0.1) is 18.2 Å². The quantitative estimate of drug-likeness (QED) is 0.0810. The van der Waals surface area contributed by atoms with E-state index >= 15 is 0 Å². The minimum Gasteiger partial charge on any atom is -0.493 e. The fraction of sp³-hybridized carbons (Fsp3) is 0.564. The topological polar surface area (TPSA) is 48.4 Å². The van der Waals surface area contributed by atoms with Crippen molar-refractivity contribution in [1.82, 2.24) is 4.98 Å². The highest BCUT2D eigenvalue weighted by molar-refractivity contribution is 7.84. The number of halogens is 3.